The number of benzene rings is 2. The maximum absolute atomic E-state index is 13.9. The molecule has 5 rings (SSSR count). The second-order valence-corrected chi connectivity index (χ2v) is 12.6. The zero-order chi connectivity index (χ0) is 35.3. The molecule has 49 heavy (non-hydrogen) atoms. The van der Waals surface area contributed by atoms with Crippen molar-refractivity contribution in [3.63, 3.8) is 0 Å². The highest BCUT2D eigenvalue weighted by Gasteiger charge is 2.36. The number of likely N-dealkylation sites (N-methyl/N-ethyl adjacent to an activating group) is 1. The summed E-state index contributed by atoms with van der Waals surface area (Å²) in [5.74, 6) is 0.439. The molecule has 4 aromatic rings. The number of pyridine rings is 1. The SMILES string of the molecule is Cc1cc(C)c(C(c2cc(C(F)(F)F)ccc2Cl)N(C(=O)O)c2ccnc(Nc3ccc(OCCCN4CCN(C)CC4)nc3)n2)c(C)c1. The number of hydrogen-bond acceptors (Lipinski definition) is 8. The van der Waals surface area contributed by atoms with Crippen LogP contribution in [0.15, 0.2) is 60.9 Å². The molecule has 1 aliphatic heterocycles. The van der Waals surface area contributed by atoms with Gasteiger partial charge in [-0.2, -0.15) is 18.2 Å². The summed E-state index contributed by atoms with van der Waals surface area (Å²) in [6.45, 7) is 11.2. The summed E-state index contributed by atoms with van der Waals surface area (Å²) < 4.78 is 47.5. The van der Waals surface area contributed by atoms with Crippen molar-refractivity contribution in [3.05, 3.63) is 99.3 Å². The van der Waals surface area contributed by atoms with Crippen molar-refractivity contribution < 1.29 is 27.8 Å². The molecule has 1 atom stereocenters. The fourth-order valence-corrected chi connectivity index (χ4v) is 6.29. The first-order valence-electron chi connectivity index (χ1n) is 15.9. The number of aromatic nitrogens is 3. The van der Waals surface area contributed by atoms with Gasteiger partial charge in [0.05, 0.1) is 30.1 Å². The maximum atomic E-state index is 13.9. The number of nitrogens with one attached hydrogen (secondary N) is 1. The van der Waals surface area contributed by atoms with Gasteiger partial charge in [-0.1, -0.05) is 29.3 Å². The van der Waals surface area contributed by atoms with Crippen molar-refractivity contribution in [1.29, 1.82) is 0 Å². The normalized spacial score (nSPS) is 14.8. The molecule has 1 aliphatic rings. The Bertz CT molecular complexity index is 1740. The van der Waals surface area contributed by atoms with Gasteiger partial charge >= 0.3 is 12.3 Å². The van der Waals surface area contributed by atoms with Crippen LogP contribution < -0.4 is 15.0 Å². The lowest BCUT2D eigenvalue weighted by Gasteiger charge is -2.32. The number of nitrogens with zero attached hydrogens (tertiary/aromatic N) is 6. The number of ether oxygens (including phenoxy) is 1. The molecular formula is C35H39ClF3N7O3. The number of alkyl halides is 3. The average Bonchev–Trinajstić information content (AvgIpc) is 3.03. The van der Waals surface area contributed by atoms with Crippen LogP contribution in [0.3, 0.4) is 0 Å². The highest BCUT2D eigenvalue weighted by atomic mass is 35.5. The van der Waals surface area contributed by atoms with Crippen LogP contribution in [0.25, 0.3) is 0 Å². The lowest BCUT2D eigenvalue weighted by molar-refractivity contribution is -0.137. The van der Waals surface area contributed by atoms with E-state index >= 15 is 0 Å². The number of anilines is 3. The van der Waals surface area contributed by atoms with Crippen LogP contribution in [-0.2, 0) is 6.18 Å². The molecule has 14 heteroatoms. The van der Waals surface area contributed by atoms with Gasteiger partial charge in [0.25, 0.3) is 0 Å². The zero-order valence-corrected chi connectivity index (χ0v) is 28.5. The third-order valence-corrected chi connectivity index (χ3v) is 8.78. The Morgan fingerprint density at radius 3 is 2.39 bits per heavy atom. The van der Waals surface area contributed by atoms with Crippen LogP contribution in [-0.4, -0.2) is 82.3 Å². The number of carboxylic acid groups (broad SMARTS) is 1. The molecule has 10 nitrogen and oxygen atoms in total. The number of carbonyl (C=O) groups is 1. The van der Waals surface area contributed by atoms with Crippen molar-refractivity contribution >= 4 is 35.1 Å². The molecule has 2 aromatic heterocycles. The number of halogens is 4. The number of rotatable bonds is 11. The average molecular weight is 698 g/mol. The van der Waals surface area contributed by atoms with Crippen molar-refractivity contribution in [2.24, 2.45) is 0 Å². The van der Waals surface area contributed by atoms with E-state index in [0.29, 0.717) is 34.9 Å². The summed E-state index contributed by atoms with van der Waals surface area (Å²) in [4.78, 5) is 31.7. The number of hydrogen-bond donors (Lipinski definition) is 2. The minimum absolute atomic E-state index is 0.0243. The Morgan fingerprint density at radius 2 is 1.76 bits per heavy atom. The molecule has 0 spiro atoms. The van der Waals surface area contributed by atoms with Gasteiger partial charge in [0.2, 0.25) is 11.8 Å². The van der Waals surface area contributed by atoms with Gasteiger partial charge in [-0.25, -0.2) is 19.7 Å². The summed E-state index contributed by atoms with van der Waals surface area (Å²) >= 11 is 6.54. The molecule has 1 unspecified atom stereocenters. The van der Waals surface area contributed by atoms with Gasteiger partial charge in [0.1, 0.15) is 5.82 Å². The second-order valence-electron chi connectivity index (χ2n) is 12.2. The molecular weight excluding hydrogens is 659 g/mol. The summed E-state index contributed by atoms with van der Waals surface area (Å²) in [5, 5.41) is 13.6. The number of amides is 1. The predicted octanol–water partition coefficient (Wildman–Crippen LogP) is 7.50. The van der Waals surface area contributed by atoms with Gasteiger partial charge in [0, 0.05) is 50.0 Å². The fraction of sp³-hybridized carbons (Fsp3) is 0.371. The Morgan fingerprint density at radius 1 is 1.04 bits per heavy atom. The maximum Gasteiger partial charge on any atom is 0.416 e. The van der Waals surface area contributed by atoms with Gasteiger partial charge in [-0.3, -0.25) is 0 Å². The zero-order valence-electron chi connectivity index (χ0n) is 27.8. The lowest BCUT2D eigenvalue weighted by atomic mass is 9.88. The molecule has 3 heterocycles. The molecule has 260 valence electrons. The van der Waals surface area contributed by atoms with E-state index in [9.17, 15) is 23.1 Å². The van der Waals surface area contributed by atoms with Gasteiger partial charge in [-0.15, -0.1) is 0 Å². The Kier molecular flexibility index (Phi) is 11.3. The van der Waals surface area contributed by atoms with Crippen molar-refractivity contribution in [2.45, 2.75) is 39.4 Å². The number of aryl methyl sites for hydroxylation is 3. The predicted molar refractivity (Wildman–Crippen MR) is 183 cm³/mol. The largest absolute Gasteiger partial charge is 0.478 e. The molecule has 1 fully saturated rings. The van der Waals surface area contributed by atoms with E-state index in [0.717, 1.165) is 67.8 Å². The summed E-state index contributed by atoms with van der Waals surface area (Å²) in [7, 11) is 2.13. The Balaban J connectivity index is 1.39. The summed E-state index contributed by atoms with van der Waals surface area (Å²) in [6, 6.07) is 10.1. The second kappa shape index (κ2) is 15.4. The highest BCUT2D eigenvalue weighted by Crippen LogP contribution is 2.42. The summed E-state index contributed by atoms with van der Waals surface area (Å²) in [6.07, 6.45) is -2.34. The van der Waals surface area contributed by atoms with Gasteiger partial charge < -0.3 is 25.0 Å². The molecule has 0 saturated carbocycles. The first-order chi connectivity index (χ1) is 23.3. The van der Waals surface area contributed by atoms with Crippen molar-refractivity contribution in [2.75, 3.05) is 56.6 Å². The minimum Gasteiger partial charge on any atom is -0.478 e. The molecule has 2 N–H and O–H groups in total. The van der Waals surface area contributed by atoms with Crippen molar-refractivity contribution in [1.82, 2.24) is 24.8 Å². The monoisotopic (exact) mass is 697 g/mol. The Labute approximate surface area is 288 Å². The van der Waals surface area contributed by atoms with Crippen LogP contribution in [0, 0.1) is 20.8 Å². The topological polar surface area (TPSA) is 107 Å². The van der Waals surface area contributed by atoms with E-state index in [2.05, 4.69) is 37.1 Å². The first-order valence-corrected chi connectivity index (χ1v) is 16.2. The standard InChI is InChI=1S/C35H39ClF3N7O3/c1-22-18-23(2)31(24(3)19-22)32(27-20-25(35(37,38)39)6-8-28(27)36)46(34(47)48)29-10-11-40-33(43-29)42-26-7-9-30(41-21-26)49-17-5-12-45-15-13-44(4)14-16-45/h6-11,18-21,32H,5,12-17H2,1-4H3,(H,47,48)(H,40,42,43). The smallest absolute Gasteiger partial charge is 0.416 e. The van der Waals surface area contributed by atoms with E-state index < -0.39 is 23.9 Å². The summed E-state index contributed by atoms with van der Waals surface area (Å²) in [5.41, 5.74) is 2.30. The molecule has 0 aliphatic carbocycles. The molecule has 0 radical (unpaired) electrons. The van der Waals surface area contributed by atoms with Gasteiger partial charge in [-0.05, 0) is 86.8 Å². The quantitative estimate of drug-likeness (QED) is 0.154. The lowest BCUT2D eigenvalue weighted by Crippen LogP contribution is -2.44. The minimum atomic E-state index is -4.68. The molecule has 1 amide bonds. The molecule has 0 bridgehead atoms. The fourth-order valence-electron chi connectivity index (χ4n) is 6.07. The van der Waals surface area contributed by atoms with Gasteiger partial charge in [0.15, 0.2) is 0 Å². The van der Waals surface area contributed by atoms with Crippen LogP contribution in [0.2, 0.25) is 5.02 Å². The highest BCUT2D eigenvalue weighted by molar-refractivity contribution is 6.31. The van der Waals surface area contributed by atoms with Crippen molar-refractivity contribution in [3.8, 4) is 5.88 Å². The van der Waals surface area contributed by atoms with E-state index in [1.807, 2.05) is 19.1 Å². The third kappa shape index (κ3) is 8.97. The van der Waals surface area contributed by atoms with Crippen LogP contribution >= 0.6 is 11.6 Å². The molecule has 1 saturated heterocycles. The first kappa shape index (κ1) is 35.8. The van der Waals surface area contributed by atoms with Crippen LogP contribution in [0.1, 0.15) is 45.8 Å². The third-order valence-electron chi connectivity index (χ3n) is 8.44. The van der Waals surface area contributed by atoms with Crippen LogP contribution in [0.4, 0.5) is 35.4 Å². The van der Waals surface area contributed by atoms with E-state index in [1.165, 1.54) is 12.3 Å². The Hall–Kier alpha value is -4.46. The van der Waals surface area contributed by atoms with E-state index in [4.69, 9.17) is 16.3 Å². The van der Waals surface area contributed by atoms with Crippen LogP contribution in [0.5, 0.6) is 5.88 Å². The number of piperazine rings is 1. The van der Waals surface area contributed by atoms with E-state index in [-0.39, 0.29) is 22.4 Å². The van der Waals surface area contributed by atoms with E-state index in [1.54, 1.807) is 32.2 Å². The molecule has 2 aromatic carbocycles.